The predicted molar refractivity (Wildman–Crippen MR) is 96.4 cm³/mol. The van der Waals surface area contributed by atoms with Crippen molar-refractivity contribution < 1.29 is 19.4 Å². The zero-order valence-electron chi connectivity index (χ0n) is 14.7. The van der Waals surface area contributed by atoms with E-state index in [1.807, 2.05) is 24.3 Å². The Kier molecular flexibility index (Phi) is 5.93. The average Bonchev–Trinajstić information content (AvgIpc) is 2.59. The van der Waals surface area contributed by atoms with E-state index in [1.54, 1.807) is 24.3 Å². The first-order valence-corrected chi connectivity index (χ1v) is 8.07. The molecule has 2 aromatic carbocycles. The summed E-state index contributed by atoms with van der Waals surface area (Å²) in [5.74, 6) is -0.972. The van der Waals surface area contributed by atoms with Crippen LogP contribution in [0.1, 0.15) is 42.3 Å². The number of amides is 1. The largest absolute Gasteiger partial charge is 0.452 e. The molecule has 0 saturated carbocycles. The van der Waals surface area contributed by atoms with Crippen LogP contribution in [0.4, 0.5) is 5.69 Å². The zero-order chi connectivity index (χ0) is 18.4. The van der Waals surface area contributed by atoms with Gasteiger partial charge in [0, 0.05) is 5.69 Å². The van der Waals surface area contributed by atoms with Gasteiger partial charge in [-0.15, -0.1) is 0 Å². The average molecular weight is 341 g/mol. The molecule has 132 valence electrons. The molecule has 0 aromatic heterocycles. The molecule has 5 nitrogen and oxygen atoms in total. The van der Waals surface area contributed by atoms with Crippen LogP contribution in [0.5, 0.6) is 0 Å². The van der Waals surface area contributed by atoms with Crippen LogP contribution in [0.15, 0.2) is 48.5 Å². The number of anilines is 1. The Bertz CT molecular complexity index is 745. The molecule has 0 unspecified atom stereocenters. The molecule has 0 saturated heterocycles. The molecule has 5 heteroatoms. The van der Waals surface area contributed by atoms with Crippen LogP contribution < -0.4 is 5.32 Å². The lowest BCUT2D eigenvalue weighted by atomic mass is 9.86. The van der Waals surface area contributed by atoms with Crippen molar-refractivity contribution in [2.24, 2.45) is 0 Å². The fraction of sp³-hybridized carbons (Fsp3) is 0.300. The number of carbonyl (C=O) groups excluding carboxylic acids is 2. The van der Waals surface area contributed by atoms with Crippen molar-refractivity contribution in [2.75, 3.05) is 11.9 Å². The van der Waals surface area contributed by atoms with Gasteiger partial charge >= 0.3 is 5.97 Å². The maximum Gasteiger partial charge on any atom is 0.338 e. The van der Waals surface area contributed by atoms with Crippen molar-refractivity contribution in [1.82, 2.24) is 0 Å². The van der Waals surface area contributed by atoms with Crippen molar-refractivity contribution in [1.29, 1.82) is 0 Å². The molecule has 0 atom stereocenters. The van der Waals surface area contributed by atoms with E-state index >= 15 is 0 Å². The summed E-state index contributed by atoms with van der Waals surface area (Å²) < 4.78 is 5.05. The van der Waals surface area contributed by atoms with E-state index in [1.165, 1.54) is 0 Å². The molecule has 0 spiro atoms. The molecule has 0 radical (unpaired) electrons. The number of carbonyl (C=O) groups is 2. The SMILES string of the molecule is CC(C)(C)c1ccccc1NC(=O)COC(=O)c1ccc(CO)cc1. The number of hydrogen-bond acceptors (Lipinski definition) is 4. The standard InChI is InChI=1S/C20H23NO4/c1-20(2,3)16-6-4-5-7-17(16)21-18(23)13-25-19(24)15-10-8-14(12-22)9-11-15/h4-11,22H,12-13H2,1-3H3,(H,21,23). The number of aliphatic hydroxyl groups excluding tert-OH is 1. The Labute approximate surface area is 147 Å². The first-order chi connectivity index (χ1) is 11.8. The summed E-state index contributed by atoms with van der Waals surface area (Å²) in [7, 11) is 0. The molecule has 0 bridgehead atoms. The second-order valence-corrected chi connectivity index (χ2v) is 6.77. The summed E-state index contributed by atoms with van der Waals surface area (Å²) in [5.41, 5.74) is 2.64. The van der Waals surface area contributed by atoms with Crippen LogP contribution in [0.3, 0.4) is 0 Å². The van der Waals surface area contributed by atoms with Crippen molar-refractivity contribution in [2.45, 2.75) is 32.8 Å². The highest BCUT2D eigenvalue weighted by Crippen LogP contribution is 2.29. The number of nitrogens with one attached hydrogen (secondary N) is 1. The van der Waals surface area contributed by atoms with Crippen molar-refractivity contribution in [3.05, 3.63) is 65.2 Å². The maximum absolute atomic E-state index is 12.1. The van der Waals surface area contributed by atoms with Gasteiger partial charge in [-0.1, -0.05) is 51.1 Å². The molecule has 0 heterocycles. The van der Waals surface area contributed by atoms with E-state index < -0.39 is 11.9 Å². The molecular formula is C20H23NO4. The van der Waals surface area contributed by atoms with E-state index in [9.17, 15) is 9.59 Å². The molecule has 2 N–H and O–H groups in total. The second-order valence-electron chi connectivity index (χ2n) is 6.77. The van der Waals surface area contributed by atoms with E-state index in [4.69, 9.17) is 9.84 Å². The summed E-state index contributed by atoms with van der Waals surface area (Å²) in [5, 5.41) is 11.8. The lowest BCUT2D eigenvalue weighted by Gasteiger charge is -2.22. The van der Waals surface area contributed by atoms with Gasteiger partial charge in [-0.2, -0.15) is 0 Å². The second kappa shape index (κ2) is 7.94. The van der Waals surface area contributed by atoms with Crippen LogP contribution in [0.2, 0.25) is 0 Å². The highest BCUT2D eigenvalue weighted by atomic mass is 16.5. The highest BCUT2D eigenvalue weighted by molar-refractivity contribution is 5.96. The van der Waals surface area contributed by atoms with Gasteiger partial charge in [0.1, 0.15) is 0 Å². The van der Waals surface area contributed by atoms with Crippen molar-refractivity contribution in [3.8, 4) is 0 Å². The van der Waals surface area contributed by atoms with Crippen LogP contribution >= 0.6 is 0 Å². The molecular weight excluding hydrogens is 318 g/mol. The Morgan fingerprint density at radius 2 is 1.68 bits per heavy atom. The molecule has 2 rings (SSSR count). The summed E-state index contributed by atoms with van der Waals surface area (Å²) >= 11 is 0. The lowest BCUT2D eigenvalue weighted by molar-refractivity contribution is -0.119. The van der Waals surface area contributed by atoms with E-state index in [0.29, 0.717) is 16.8 Å². The fourth-order valence-electron chi connectivity index (χ4n) is 2.39. The third-order valence-electron chi connectivity index (χ3n) is 3.72. The predicted octanol–water partition coefficient (Wildman–Crippen LogP) is 3.27. The van der Waals surface area contributed by atoms with Crippen molar-refractivity contribution in [3.63, 3.8) is 0 Å². The summed E-state index contributed by atoms with van der Waals surface area (Å²) in [6, 6.07) is 13.9. The number of para-hydroxylation sites is 1. The van der Waals surface area contributed by atoms with Crippen LogP contribution in [0.25, 0.3) is 0 Å². The van der Waals surface area contributed by atoms with E-state index in [2.05, 4.69) is 26.1 Å². The molecule has 1 amide bonds. The van der Waals surface area contributed by atoms with Gasteiger partial charge < -0.3 is 15.2 Å². The minimum atomic E-state index is -0.580. The first kappa shape index (κ1) is 18.7. The van der Waals surface area contributed by atoms with Crippen LogP contribution in [-0.4, -0.2) is 23.6 Å². The van der Waals surface area contributed by atoms with E-state index in [-0.39, 0.29) is 18.6 Å². The number of aliphatic hydroxyl groups is 1. The van der Waals surface area contributed by atoms with Crippen molar-refractivity contribution >= 4 is 17.6 Å². The van der Waals surface area contributed by atoms with Gasteiger partial charge in [0.25, 0.3) is 5.91 Å². The van der Waals surface area contributed by atoms with E-state index in [0.717, 1.165) is 5.56 Å². The third kappa shape index (κ3) is 5.16. The normalized spacial score (nSPS) is 11.0. The molecule has 0 fully saturated rings. The maximum atomic E-state index is 12.1. The molecule has 2 aromatic rings. The molecule has 0 aliphatic heterocycles. The number of benzene rings is 2. The molecule has 0 aliphatic rings. The highest BCUT2D eigenvalue weighted by Gasteiger charge is 2.19. The topological polar surface area (TPSA) is 75.6 Å². The number of rotatable bonds is 5. The van der Waals surface area contributed by atoms with Crippen LogP contribution in [0, 0.1) is 0 Å². The number of esters is 1. The quantitative estimate of drug-likeness (QED) is 0.819. The third-order valence-corrected chi connectivity index (χ3v) is 3.72. The Hall–Kier alpha value is -2.66. The van der Waals surface area contributed by atoms with Gasteiger partial charge in [0.2, 0.25) is 0 Å². The fourth-order valence-corrected chi connectivity index (χ4v) is 2.39. The summed E-state index contributed by atoms with van der Waals surface area (Å²) in [4.78, 5) is 24.1. The number of hydrogen-bond donors (Lipinski definition) is 2. The Morgan fingerprint density at radius 3 is 2.28 bits per heavy atom. The monoisotopic (exact) mass is 341 g/mol. The molecule has 25 heavy (non-hydrogen) atoms. The smallest absolute Gasteiger partial charge is 0.338 e. The van der Waals surface area contributed by atoms with Gasteiger partial charge in [0.05, 0.1) is 12.2 Å². The Morgan fingerprint density at radius 1 is 1.04 bits per heavy atom. The summed E-state index contributed by atoms with van der Waals surface area (Å²) in [6.07, 6.45) is 0. The van der Waals surface area contributed by atoms with Gasteiger partial charge in [-0.25, -0.2) is 4.79 Å². The first-order valence-electron chi connectivity index (χ1n) is 8.07. The Balaban J connectivity index is 1.96. The number of ether oxygens (including phenoxy) is 1. The zero-order valence-corrected chi connectivity index (χ0v) is 14.7. The van der Waals surface area contributed by atoms with Crippen LogP contribution in [-0.2, 0) is 21.6 Å². The summed E-state index contributed by atoms with van der Waals surface area (Å²) in [6.45, 7) is 5.74. The lowest BCUT2D eigenvalue weighted by Crippen LogP contribution is -2.23. The minimum absolute atomic E-state index is 0.0923. The van der Waals surface area contributed by atoms with Gasteiger partial charge in [0.15, 0.2) is 6.61 Å². The van der Waals surface area contributed by atoms with Gasteiger partial charge in [-0.3, -0.25) is 4.79 Å². The molecule has 0 aliphatic carbocycles. The minimum Gasteiger partial charge on any atom is -0.452 e. The van der Waals surface area contributed by atoms with Gasteiger partial charge in [-0.05, 0) is 34.7 Å².